The zero-order valence-electron chi connectivity index (χ0n) is 15.2. The molecule has 1 atom stereocenters. The number of nitrogens with one attached hydrogen (secondary N) is 2. The molecule has 0 saturated carbocycles. The monoisotopic (exact) mass is 384 g/mol. The predicted molar refractivity (Wildman–Crippen MR) is 106 cm³/mol. The Hall–Kier alpha value is -2.79. The van der Waals surface area contributed by atoms with Crippen LogP contribution >= 0.6 is 11.6 Å². The van der Waals surface area contributed by atoms with Crippen LogP contribution in [0.5, 0.6) is 0 Å². The van der Waals surface area contributed by atoms with Gasteiger partial charge in [0.25, 0.3) is 5.91 Å². The van der Waals surface area contributed by atoms with E-state index in [9.17, 15) is 9.59 Å². The second-order valence-electron chi connectivity index (χ2n) is 6.34. The highest BCUT2D eigenvalue weighted by Gasteiger charge is 2.24. The van der Waals surface area contributed by atoms with Gasteiger partial charge in [-0.15, -0.1) is 0 Å². The van der Waals surface area contributed by atoms with Crippen LogP contribution in [0.4, 0.5) is 0 Å². The van der Waals surface area contributed by atoms with Crippen LogP contribution < -0.4 is 5.32 Å². The van der Waals surface area contributed by atoms with Crippen molar-refractivity contribution in [1.82, 2.24) is 10.3 Å². The number of H-pyrrole nitrogens is 1. The number of ether oxygens (including phenoxy) is 1. The average molecular weight is 385 g/mol. The van der Waals surface area contributed by atoms with E-state index in [1.807, 2.05) is 43.3 Å². The number of hydrogen-bond donors (Lipinski definition) is 2. The van der Waals surface area contributed by atoms with E-state index < -0.39 is 12.0 Å². The largest absolute Gasteiger partial charge is 0.464 e. The average Bonchev–Trinajstić information content (AvgIpc) is 3.05. The fourth-order valence-electron chi connectivity index (χ4n) is 2.91. The van der Waals surface area contributed by atoms with Gasteiger partial charge in [-0.1, -0.05) is 41.9 Å². The van der Waals surface area contributed by atoms with Crippen molar-refractivity contribution >= 4 is 34.4 Å². The number of carbonyl (C=O) groups excluding carboxylic acids is 2. The first-order valence-corrected chi connectivity index (χ1v) is 9.16. The first-order valence-electron chi connectivity index (χ1n) is 8.78. The van der Waals surface area contributed by atoms with Crippen LogP contribution in [-0.4, -0.2) is 29.5 Å². The topological polar surface area (TPSA) is 71.2 Å². The molecule has 0 saturated heterocycles. The van der Waals surface area contributed by atoms with Crippen molar-refractivity contribution < 1.29 is 14.3 Å². The van der Waals surface area contributed by atoms with E-state index in [2.05, 4.69) is 10.3 Å². The van der Waals surface area contributed by atoms with E-state index >= 15 is 0 Å². The quantitative estimate of drug-likeness (QED) is 0.630. The second-order valence-corrected chi connectivity index (χ2v) is 6.75. The Labute approximate surface area is 162 Å². The van der Waals surface area contributed by atoms with Gasteiger partial charge in [-0.2, -0.15) is 0 Å². The van der Waals surface area contributed by atoms with Crippen molar-refractivity contribution in [3.8, 4) is 0 Å². The van der Waals surface area contributed by atoms with Gasteiger partial charge in [0.1, 0.15) is 11.7 Å². The summed E-state index contributed by atoms with van der Waals surface area (Å²) in [6.07, 6.45) is 0.358. The molecule has 0 spiro atoms. The lowest BCUT2D eigenvalue weighted by atomic mass is 10.1. The van der Waals surface area contributed by atoms with Gasteiger partial charge in [-0.3, -0.25) is 4.79 Å². The van der Waals surface area contributed by atoms with Gasteiger partial charge in [0.2, 0.25) is 0 Å². The van der Waals surface area contributed by atoms with E-state index in [-0.39, 0.29) is 12.5 Å². The molecule has 0 aliphatic carbocycles. The normalized spacial score (nSPS) is 12.0. The predicted octanol–water partition coefficient (Wildman–Crippen LogP) is 4.03. The number of benzene rings is 2. The maximum absolute atomic E-state index is 12.7. The van der Waals surface area contributed by atoms with Gasteiger partial charge in [-0.05, 0) is 43.2 Å². The number of esters is 1. The van der Waals surface area contributed by atoms with Crippen molar-refractivity contribution in [1.29, 1.82) is 0 Å². The summed E-state index contributed by atoms with van der Waals surface area (Å²) >= 11 is 6.15. The molecular formula is C21H21ClN2O3. The van der Waals surface area contributed by atoms with Crippen LogP contribution in [0, 0.1) is 6.92 Å². The summed E-state index contributed by atoms with van der Waals surface area (Å²) in [5.41, 5.74) is 3.01. The van der Waals surface area contributed by atoms with Gasteiger partial charge in [0, 0.05) is 22.3 Å². The molecule has 2 N–H and O–H groups in total. The number of aromatic amines is 1. The Bertz CT molecular complexity index is 927. The Morgan fingerprint density at radius 2 is 1.93 bits per heavy atom. The minimum Gasteiger partial charge on any atom is -0.464 e. The van der Waals surface area contributed by atoms with E-state index in [0.29, 0.717) is 17.1 Å². The Morgan fingerprint density at radius 3 is 2.63 bits per heavy atom. The van der Waals surface area contributed by atoms with Gasteiger partial charge < -0.3 is 15.0 Å². The lowest BCUT2D eigenvalue weighted by Gasteiger charge is -2.17. The molecule has 0 aliphatic rings. The summed E-state index contributed by atoms with van der Waals surface area (Å²) in [6, 6.07) is 14.2. The molecule has 2 aromatic carbocycles. The molecule has 1 amide bonds. The number of aromatic nitrogens is 1. The highest BCUT2D eigenvalue weighted by atomic mass is 35.5. The van der Waals surface area contributed by atoms with Crippen molar-refractivity contribution in [3.05, 3.63) is 70.4 Å². The van der Waals surface area contributed by atoms with E-state index in [0.717, 1.165) is 22.0 Å². The SMILES string of the molecule is CCOC(=O)C(Cc1ccccc1)NC(=O)c1cc2cc(C)c(Cl)cc2[nH]1. The molecule has 140 valence electrons. The third-order valence-electron chi connectivity index (χ3n) is 4.30. The maximum Gasteiger partial charge on any atom is 0.328 e. The minimum absolute atomic E-state index is 0.254. The van der Waals surface area contributed by atoms with E-state index in [1.54, 1.807) is 19.1 Å². The molecule has 27 heavy (non-hydrogen) atoms. The summed E-state index contributed by atoms with van der Waals surface area (Å²) in [4.78, 5) is 28.1. The number of amides is 1. The van der Waals surface area contributed by atoms with Gasteiger partial charge in [0.15, 0.2) is 0 Å². The third kappa shape index (κ3) is 4.49. The summed E-state index contributed by atoms with van der Waals surface area (Å²) in [6.45, 7) is 3.90. The first-order chi connectivity index (χ1) is 13.0. The lowest BCUT2D eigenvalue weighted by molar-refractivity contribution is -0.145. The Balaban J connectivity index is 1.82. The lowest BCUT2D eigenvalue weighted by Crippen LogP contribution is -2.43. The number of halogens is 1. The van der Waals surface area contributed by atoms with E-state index in [4.69, 9.17) is 16.3 Å². The highest BCUT2D eigenvalue weighted by molar-refractivity contribution is 6.32. The van der Waals surface area contributed by atoms with Crippen LogP contribution in [0.25, 0.3) is 10.9 Å². The van der Waals surface area contributed by atoms with Crippen LogP contribution in [0.2, 0.25) is 5.02 Å². The first kappa shape index (κ1) is 19.0. The molecule has 3 rings (SSSR count). The summed E-state index contributed by atoms with van der Waals surface area (Å²) in [5.74, 6) is -0.821. The zero-order valence-corrected chi connectivity index (χ0v) is 16.0. The number of aryl methyl sites for hydroxylation is 1. The van der Waals surface area contributed by atoms with Crippen molar-refractivity contribution in [2.75, 3.05) is 6.61 Å². The Morgan fingerprint density at radius 1 is 1.19 bits per heavy atom. The highest BCUT2D eigenvalue weighted by Crippen LogP contribution is 2.24. The van der Waals surface area contributed by atoms with Crippen LogP contribution in [-0.2, 0) is 16.0 Å². The summed E-state index contributed by atoms with van der Waals surface area (Å²) in [5, 5.41) is 4.30. The molecular weight excluding hydrogens is 364 g/mol. The van der Waals surface area contributed by atoms with Crippen LogP contribution in [0.3, 0.4) is 0 Å². The molecule has 3 aromatic rings. The molecule has 0 bridgehead atoms. The molecule has 5 nitrogen and oxygen atoms in total. The smallest absolute Gasteiger partial charge is 0.328 e. The number of hydrogen-bond acceptors (Lipinski definition) is 3. The molecule has 0 fully saturated rings. The zero-order chi connectivity index (χ0) is 19.4. The standard InChI is InChI=1S/C21H21ClN2O3/c1-3-27-21(26)19(10-14-7-5-4-6-8-14)24-20(25)18-11-15-9-13(2)16(22)12-17(15)23-18/h4-9,11-12,19,23H,3,10H2,1-2H3,(H,24,25). The molecule has 1 unspecified atom stereocenters. The molecule has 1 aromatic heterocycles. The summed E-state index contributed by atoms with van der Waals surface area (Å²) < 4.78 is 5.12. The Kier molecular flexibility index (Phi) is 5.81. The minimum atomic E-state index is -0.767. The molecule has 0 aliphatic heterocycles. The van der Waals surface area contributed by atoms with Gasteiger partial charge in [-0.25, -0.2) is 4.79 Å². The maximum atomic E-state index is 12.7. The van der Waals surface area contributed by atoms with Gasteiger partial charge in [0.05, 0.1) is 6.61 Å². The fraction of sp³-hybridized carbons (Fsp3) is 0.238. The molecule has 1 heterocycles. The number of fused-ring (bicyclic) bond motifs is 1. The fourth-order valence-corrected chi connectivity index (χ4v) is 3.08. The second kappa shape index (κ2) is 8.27. The molecule has 0 radical (unpaired) electrons. The van der Waals surface area contributed by atoms with Gasteiger partial charge >= 0.3 is 5.97 Å². The molecule has 6 heteroatoms. The van der Waals surface area contributed by atoms with Crippen molar-refractivity contribution in [2.24, 2.45) is 0 Å². The third-order valence-corrected chi connectivity index (χ3v) is 4.71. The number of carbonyl (C=O) groups is 2. The van der Waals surface area contributed by atoms with Crippen LogP contribution in [0.15, 0.2) is 48.5 Å². The summed E-state index contributed by atoms with van der Waals surface area (Å²) in [7, 11) is 0. The van der Waals surface area contributed by atoms with E-state index in [1.165, 1.54) is 0 Å². The van der Waals surface area contributed by atoms with Crippen molar-refractivity contribution in [2.45, 2.75) is 26.3 Å². The number of rotatable bonds is 6. The van der Waals surface area contributed by atoms with Crippen molar-refractivity contribution in [3.63, 3.8) is 0 Å². The van der Waals surface area contributed by atoms with Crippen LogP contribution in [0.1, 0.15) is 28.5 Å².